The van der Waals surface area contributed by atoms with E-state index in [1.54, 1.807) is 6.08 Å². The Balaban J connectivity index is 2.64. The summed E-state index contributed by atoms with van der Waals surface area (Å²) in [6, 6.07) is 1.45. The number of ketones is 1. The molecule has 0 saturated carbocycles. The van der Waals surface area contributed by atoms with Gasteiger partial charge in [-0.1, -0.05) is 12.7 Å². The number of nitrogens with zero attached hydrogens (tertiary/aromatic N) is 1. The summed E-state index contributed by atoms with van der Waals surface area (Å²) >= 11 is 0. The van der Waals surface area contributed by atoms with E-state index >= 15 is 0 Å². The first-order chi connectivity index (χ1) is 5.74. The van der Waals surface area contributed by atoms with Crippen molar-refractivity contribution in [2.75, 3.05) is 6.61 Å². The summed E-state index contributed by atoms with van der Waals surface area (Å²) in [7, 11) is 0. The predicted octanol–water partition coefficient (Wildman–Crippen LogP) is 1.44. The van der Waals surface area contributed by atoms with Crippen LogP contribution < -0.4 is 4.74 Å². The van der Waals surface area contributed by atoms with Gasteiger partial charge in [0.05, 0.1) is 6.07 Å². The zero-order valence-electron chi connectivity index (χ0n) is 6.74. The molecule has 0 bridgehead atoms. The number of hydrogen-bond donors (Lipinski definition) is 0. The van der Waals surface area contributed by atoms with E-state index in [1.165, 1.54) is 13.0 Å². The van der Waals surface area contributed by atoms with Crippen LogP contribution in [0.3, 0.4) is 0 Å². The average molecular weight is 167 g/mol. The molecular formula is C8H9NO3. The molecule has 4 heteroatoms. The number of rotatable bonds is 4. The van der Waals surface area contributed by atoms with Crippen LogP contribution in [0.5, 0.6) is 5.88 Å². The lowest BCUT2D eigenvalue weighted by Crippen LogP contribution is -1.92. The Morgan fingerprint density at radius 2 is 2.67 bits per heavy atom. The molecule has 1 aromatic rings. The van der Waals surface area contributed by atoms with Crippen molar-refractivity contribution >= 4 is 5.78 Å². The Bertz CT molecular complexity index is 290. The number of hydrogen-bond acceptors (Lipinski definition) is 4. The first-order valence-electron chi connectivity index (χ1n) is 3.45. The minimum Gasteiger partial charge on any atom is -0.471 e. The van der Waals surface area contributed by atoms with Gasteiger partial charge in [0.1, 0.15) is 6.61 Å². The number of Topliss-reactive ketones (excluding diaryl/α,β-unsaturated/α-hetero) is 1. The maximum atomic E-state index is 10.7. The fraction of sp³-hybridized carbons (Fsp3) is 0.250. The van der Waals surface area contributed by atoms with Crippen molar-refractivity contribution in [1.82, 2.24) is 5.16 Å². The Morgan fingerprint density at radius 3 is 3.17 bits per heavy atom. The molecule has 0 atom stereocenters. The standard InChI is InChI=1S/C8H9NO3/c1-3-4-11-8-5-7(6(2)10)12-9-8/h3,5H,1,4H2,2H3. The maximum Gasteiger partial charge on any atom is 0.255 e. The molecule has 0 saturated heterocycles. The molecule has 0 aromatic carbocycles. The molecule has 0 aliphatic carbocycles. The molecule has 4 nitrogen and oxygen atoms in total. The van der Waals surface area contributed by atoms with Crippen molar-refractivity contribution in [3.8, 4) is 5.88 Å². The highest BCUT2D eigenvalue weighted by Crippen LogP contribution is 2.11. The minimum atomic E-state index is -0.170. The topological polar surface area (TPSA) is 52.3 Å². The van der Waals surface area contributed by atoms with Gasteiger partial charge in [-0.25, -0.2) is 0 Å². The maximum absolute atomic E-state index is 10.7. The van der Waals surface area contributed by atoms with Gasteiger partial charge in [0.15, 0.2) is 5.78 Å². The van der Waals surface area contributed by atoms with E-state index < -0.39 is 0 Å². The minimum absolute atomic E-state index is 0.170. The average Bonchev–Trinajstić information content (AvgIpc) is 2.48. The molecule has 0 amide bonds. The van der Waals surface area contributed by atoms with Crippen LogP contribution in [-0.2, 0) is 0 Å². The normalized spacial score (nSPS) is 9.42. The fourth-order valence-electron chi connectivity index (χ4n) is 0.637. The zero-order valence-corrected chi connectivity index (χ0v) is 6.74. The second-order valence-electron chi connectivity index (χ2n) is 2.19. The molecule has 64 valence electrons. The summed E-state index contributed by atoms with van der Waals surface area (Å²) in [6.45, 7) is 5.22. The van der Waals surface area contributed by atoms with Gasteiger partial charge in [-0.3, -0.25) is 4.79 Å². The highest BCUT2D eigenvalue weighted by molar-refractivity contribution is 5.91. The third kappa shape index (κ3) is 1.95. The van der Waals surface area contributed by atoms with Crippen LogP contribution in [0.25, 0.3) is 0 Å². The fourth-order valence-corrected chi connectivity index (χ4v) is 0.637. The summed E-state index contributed by atoms with van der Waals surface area (Å²) in [5, 5.41) is 3.51. The van der Waals surface area contributed by atoms with E-state index in [9.17, 15) is 4.79 Å². The summed E-state index contributed by atoms with van der Waals surface area (Å²) < 4.78 is 9.68. The number of carbonyl (C=O) groups is 1. The van der Waals surface area contributed by atoms with Crippen LogP contribution in [0.4, 0.5) is 0 Å². The van der Waals surface area contributed by atoms with Crippen LogP contribution in [0.15, 0.2) is 23.2 Å². The monoisotopic (exact) mass is 167 g/mol. The largest absolute Gasteiger partial charge is 0.471 e. The second kappa shape index (κ2) is 3.71. The molecule has 0 fully saturated rings. The quantitative estimate of drug-likeness (QED) is 0.503. The lowest BCUT2D eigenvalue weighted by Gasteiger charge is -1.92. The Hall–Kier alpha value is -1.58. The molecule has 0 unspecified atom stereocenters. The Labute approximate surface area is 69.8 Å². The predicted molar refractivity (Wildman–Crippen MR) is 42.2 cm³/mol. The molecule has 0 spiro atoms. The van der Waals surface area contributed by atoms with Gasteiger partial charge in [0.2, 0.25) is 5.76 Å². The molecule has 0 N–H and O–H groups in total. The van der Waals surface area contributed by atoms with Crippen LogP contribution >= 0.6 is 0 Å². The SMILES string of the molecule is C=CCOc1cc(C(C)=O)on1. The third-order valence-corrected chi connectivity index (χ3v) is 1.18. The first-order valence-corrected chi connectivity index (χ1v) is 3.45. The molecular weight excluding hydrogens is 158 g/mol. The summed E-state index contributed by atoms with van der Waals surface area (Å²) in [4.78, 5) is 10.7. The van der Waals surface area contributed by atoms with Crippen molar-refractivity contribution in [2.24, 2.45) is 0 Å². The highest BCUT2D eigenvalue weighted by atomic mass is 16.5. The van der Waals surface area contributed by atoms with Gasteiger partial charge in [-0.05, 0) is 5.16 Å². The molecule has 12 heavy (non-hydrogen) atoms. The number of ether oxygens (including phenoxy) is 1. The van der Waals surface area contributed by atoms with E-state index in [-0.39, 0.29) is 11.5 Å². The van der Waals surface area contributed by atoms with Gasteiger partial charge >= 0.3 is 0 Å². The lowest BCUT2D eigenvalue weighted by molar-refractivity contribution is 0.0978. The van der Waals surface area contributed by atoms with E-state index in [2.05, 4.69) is 16.3 Å². The third-order valence-electron chi connectivity index (χ3n) is 1.18. The highest BCUT2D eigenvalue weighted by Gasteiger charge is 2.07. The zero-order chi connectivity index (χ0) is 8.97. The van der Waals surface area contributed by atoms with Crippen LogP contribution in [0.2, 0.25) is 0 Å². The van der Waals surface area contributed by atoms with Crippen LogP contribution in [0.1, 0.15) is 17.5 Å². The summed E-state index contributed by atoms with van der Waals surface area (Å²) in [5.41, 5.74) is 0. The summed E-state index contributed by atoms with van der Waals surface area (Å²) in [6.07, 6.45) is 1.59. The van der Waals surface area contributed by atoms with Crippen LogP contribution in [0, 0.1) is 0 Å². The summed E-state index contributed by atoms with van der Waals surface area (Å²) in [5.74, 6) is 0.338. The Kier molecular flexibility index (Phi) is 2.63. The second-order valence-corrected chi connectivity index (χ2v) is 2.19. The van der Waals surface area contributed by atoms with Crippen molar-refractivity contribution in [1.29, 1.82) is 0 Å². The molecule has 0 radical (unpaired) electrons. The van der Waals surface area contributed by atoms with E-state index in [1.807, 2.05) is 0 Å². The van der Waals surface area contributed by atoms with Crippen molar-refractivity contribution in [3.63, 3.8) is 0 Å². The van der Waals surface area contributed by atoms with E-state index in [4.69, 9.17) is 4.74 Å². The molecule has 1 rings (SSSR count). The van der Waals surface area contributed by atoms with Crippen molar-refractivity contribution < 1.29 is 14.1 Å². The molecule has 0 aliphatic rings. The van der Waals surface area contributed by atoms with Gasteiger partial charge in [0.25, 0.3) is 5.88 Å². The van der Waals surface area contributed by atoms with Gasteiger partial charge in [-0.15, -0.1) is 0 Å². The van der Waals surface area contributed by atoms with Gasteiger partial charge in [0, 0.05) is 6.92 Å². The molecule has 1 aromatic heterocycles. The van der Waals surface area contributed by atoms with Crippen molar-refractivity contribution in [2.45, 2.75) is 6.92 Å². The van der Waals surface area contributed by atoms with Crippen molar-refractivity contribution in [3.05, 3.63) is 24.5 Å². The lowest BCUT2D eigenvalue weighted by atomic mass is 10.3. The number of carbonyl (C=O) groups excluding carboxylic acids is 1. The molecule has 0 aliphatic heterocycles. The Morgan fingerprint density at radius 1 is 1.92 bits per heavy atom. The smallest absolute Gasteiger partial charge is 0.255 e. The van der Waals surface area contributed by atoms with Crippen LogP contribution in [-0.4, -0.2) is 17.5 Å². The van der Waals surface area contributed by atoms with E-state index in [0.717, 1.165) is 0 Å². The molecule has 1 heterocycles. The first kappa shape index (κ1) is 8.52. The van der Waals surface area contributed by atoms with Gasteiger partial charge in [-0.2, -0.15) is 0 Å². The van der Waals surface area contributed by atoms with Gasteiger partial charge < -0.3 is 9.26 Å². The van der Waals surface area contributed by atoms with E-state index in [0.29, 0.717) is 12.5 Å². The number of aromatic nitrogens is 1.